The molecule has 0 saturated heterocycles. The zero-order chi connectivity index (χ0) is 23.2. The first-order valence-corrected chi connectivity index (χ1v) is 11.8. The number of halogens is 2. The van der Waals surface area contributed by atoms with E-state index in [4.69, 9.17) is 32.7 Å². The maximum absolute atomic E-state index is 12.0. The molecule has 0 unspecified atom stereocenters. The van der Waals surface area contributed by atoms with Gasteiger partial charge in [-0.2, -0.15) is 0 Å². The number of unbranched alkanes of at least 4 members (excludes halogenated alkanes) is 5. The SMILES string of the molecule is CCOC(=O)c1ccc(C/C=C/CCCCCCCOC(=O)c2cc(Cl)cc(Cl)c2)cc1. The second-order valence-corrected chi connectivity index (χ2v) is 8.32. The van der Waals surface area contributed by atoms with E-state index in [1.165, 1.54) is 5.56 Å². The molecule has 0 aliphatic rings. The number of hydrogen-bond donors (Lipinski definition) is 0. The van der Waals surface area contributed by atoms with Crippen molar-refractivity contribution in [3.8, 4) is 0 Å². The molecule has 0 fully saturated rings. The van der Waals surface area contributed by atoms with Crippen molar-refractivity contribution in [2.45, 2.75) is 51.9 Å². The van der Waals surface area contributed by atoms with Gasteiger partial charge in [-0.25, -0.2) is 9.59 Å². The minimum absolute atomic E-state index is 0.279. The topological polar surface area (TPSA) is 52.6 Å². The van der Waals surface area contributed by atoms with Crippen LogP contribution in [-0.4, -0.2) is 25.2 Å². The largest absolute Gasteiger partial charge is 0.462 e. The van der Waals surface area contributed by atoms with Crippen molar-refractivity contribution < 1.29 is 19.1 Å². The molecule has 32 heavy (non-hydrogen) atoms. The number of esters is 2. The van der Waals surface area contributed by atoms with Crippen LogP contribution in [0.25, 0.3) is 0 Å². The molecule has 2 rings (SSSR count). The van der Waals surface area contributed by atoms with Gasteiger partial charge >= 0.3 is 11.9 Å². The van der Waals surface area contributed by atoms with Crippen molar-refractivity contribution in [2.75, 3.05) is 13.2 Å². The van der Waals surface area contributed by atoms with E-state index in [2.05, 4.69) is 12.2 Å². The first kappa shape index (κ1) is 26.0. The second-order valence-electron chi connectivity index (χ2n) is 7.44. The van der Waals surface area contributed by atoms with Crippen molar-refractivity contribution >= 4 is 35.1 Å². The quantitative estimate of drug-likeness (QED) is 0.171. The van der Waals surface area contributed by atoms with Gasteiger partial charge in [-0.3, -0.25) is 0 Å². The number of ether oxygens (including phenoxy) is 2. The number of rotatable bonds is 13. The smallest absolute Gasteiger partial charge is 0.338 e. The summed E-state index contributed by atoms with van der Waals surface area (Å²) in [4.78, 5) is 23.6. The Bertz CT molecular complexity index is 871. The van der Waals surface area contributed by atoms with Crippen LogP contribution in [0.4, 0.5) is 0 Å². The molecule has 2 aromatic carbocycles. The fourth-order valence-corrected chi connectivity index (χ4v) is 3.67. The standard InChI is InChI=1S/C26H30Cl2O4/c1-2-31-25(29)21-14-12-20(13-15-21)11-9-7-5-3-4-6-8-10-16-32-26(30)22-17-23(27)19-24(28)18-22/h7,9,12-15,17-19H,2-6,8,10-11,16H2,1H3/b9-7+. The molecule has 2 aromatic rings. The lowest BCUT2D eigenvalue weighted by Crippen LogP contribution is -2.06. The normalized spacial score (nSPS) is 11.0. The molecule has 0 N–H and O–H groups in total. The molecular weight excluding hydrogens is 447 g/mol. The Labute approximate surface area is 200 Å². The van der Waals surface area contributed by atoms with Gasteiger partial charge in [-0.05, 0) is 68.5 Å². The molecule has 4 nitrogen and oxygen atoms in total. The Morgan fingerprint density at radius 2 is 1.41 bits per heavy atom. The maximum atomic E-state index is 12.0. The van der Waals surface area contributed by atoms with Crippen molar-refractivity contribution in [1.29, 1.82) is 0 Å². The molecular formula is C26H30Cl2O4. The molecule has 0 saturated carbocycles. The van der Waals surface area contributed by atoms with Crippen molar-refractivity contribution in [2.24, 2.45) is 0 Å². The summed E-state index contributed by atoms with van der Waals surface area (Å²) in [7, 11) is 0. The average molecular weight is 477 g/mol. The fourth-order valence-electron chi connectivity index (χ4n) is 3.14. The summed E-state index contributed by atoms with van der Waals surface area (Å²) in [5.41, 5.74) is 2.14. The minimum Gasteiger partial charge on any atom is -0.462 e. The van der Waals surface area contributed by atoms with E-state index < -0.39 is 5.97 Å². The van der Waals surface area contributed by atoms with Crippen LogP contribution < -0.4 is 0 Å². The lowest BCUT2D eigenvalue weighted by atomic mass is 10.1. The zero-order valence-electron chi connectivity index (χ0n) is 18.4. The van der Waals surface area contributed by atoms with Gasteiger partial charge in [0.2, 0.25) is 0 Å². The minimum atomic E-state index is -0.393. The van der Waals surface area contributed by atoms with Gasteiger partial charge < -0.3 is 9.47 Å². The number of carbonyl (C=O) groups is 2. The lowest BCUT2D eigenvalue weighted by molar-refractivity contribution is 0.0495. The lowest BCUT2D eigenvalue weighted by Gasteiger charge is -2.06. The third kappa shape index (κ3) is 9.88. The van der Waals surface area contributed by atoms with Gasteiger partial charge in [0.25, 0.3) is 0 Å². The maximum Gasteiger partial charge on any atom is 0.338 e. The Morgan fingerprint density at radius 3 is 2.09 bits per heavy atom. The van der Waals surface area contributed by atoms with Gasteiger partial charge in [0, 0.05) is 10.0 Å². The molecule has 0 heterocycles. The van der Waals surface area contributed by atoms with Crippen molar-refractivity contribution in [1.82, 2.24) is 0 Å². The van der Waals surface area contributed by atoms with Crippen molar-refractivity contribution in [3.05, 3.63) is 81.4 Å². The molecule has 0 aliphatic carbocycles. The highest BCUT2D eigenvalue weighted by molar-refractivity contribution is 6.35. The van der Waals surface area contributed by atoms with Gasteiger partial charge in [-0.1, -0.05) is 66.7 Å². The Kier molecular flexibility index (Phi) is 11.9. The summed E-state index contributed by atoms with van der Waals surface area (Å²) in [5.74, 6) is -0.672. The fraction of sp³-hybridized carbons (Fsp3) is 0.385. The molecule has 0 amide bonds. The van der Waals surface area contributed by atoms with E-state index in [0.29, 0.717) is 34.4 Å². The highest BCUT2D eigenvalue weighted by atomic mass is 35.5. The Balaban J connectivity index is 1.50. The third-order valence-electron chi connectivity index (χ3n) is 4.83. The monoisotopic (exact) mass is 476 g/mol. The molecule has 172 valence electrons. The predicted molar refractivity (Wildman–Crippen MR) is 130 cm³/mol. The third-order valence-corrected chi connectivity index (χ3v) is 5.27. The van der Waals surface area contributed by atoms with E-state index in [-0.39, 0.29) is 5.97 Å². The summed E-state index contributed by atoms with van der Waals surface area (Å²) in [6.07, 6.45) is 11.5. The summed E-state index contributed by atoms with van der Waals surface area (Å²) in [5, 5.41) is 0.843. The molecule has 0 aromatic heterocycles. The Morgan fingerprint density at radius 1 is 0.781 bits per heavy atom. The first-order valence-electron chi connectivity index (χ1n) is 11.0. The summed E-state index contributed by atoms with van der Waals surface area (Å²) in [6.45, 7) is 2.59. The molecule has 0 atom stereocenters. The predicted octanol–water partition coefficient (Wildman–Crippen LogP) is 7.47. The number of benzene rings is 2. The van der Waals surface area contributed by atoms with Crippen LogP contribution in [0, 0.1) is 0 Å². The van der Waals surface area contributed by atoms with Gasteiger partial charge in [0.1, 0.15) is 0 Å². The van der Waals surface area contributed by atoms with E-state index in [9.17, 15) is 9.59 Å². The van der Waals surface area contributed by atoms with Crippen LogP contribution >= 0.6 is 23.2 Å². The summed E-state index contributed by atoms with van der Waals surface area (Å²) >= 11 is 11.8. The molecule has 0 radical (unpaired) electrons. The summed E-state index contributed by atoms with van der Waals surface area (Å²) < 4.78 is 10.3. The van der Waals surface area contributed by atoms with Crippen LogP contribution in [0.2, 0.25) is 10.0 Å². The van der Waals surface area contributed by atoms with E-state index in [1.54, 1.807) is 25.1 Å². The van der Waals surface area contributed by atoms with E-state index >= 15 is 0 Å². The molecule has 0 bridgehead atoms. The second kappa shape index (κ2) is 14.7. The van der Waals surface area contributed by atoms with E-state index in [1.807, 2.05) is 24.3 Å². The van der Waals surface area contributed by atoms with Crippen LogP contribution in [0.5, 0.6) is 0 Å². The Hall–Kier alpha value is -2.30. The number of carbonyl (C=O) groups excluding carboxylic acids is 2. The molecule has 0 aliphatic heterocycles. The van der Waals surface area contributed by atoms with Crippen LogP contribution in [0.1, 0.15) is 71.7 Å². The number of hydrogen-bond acceptors (Lipinski definition) is 4. The van der Waals surface area contributed by atoms with Crippen molar-refractivity contribution in [3.63, 3.8) is 0 Å². The molecule has 0 spiro atoms. The average Bonchev–Trinajstić information content (AvgIpc) is 2.77. The van der Waals surface area contributed by atoms with Gasteiger partial charge in [0.15, 0.2) is 0 Å². The number of allylic oxidation sites excluding steroid dienone is 2. The van der Waals surface area contributed by atoms with Gasteiger partial charge in [-0.15, -0.1) is 0 Å². The van der Waals surface area contributed by atoms with Crippen LogP contribution in [0.3, 0.4) is 0 Å². The zero-order valence-corrected chi connectivity index (χ0v) is 20.0. The highest BCUT2D eigenvalue weighted by Crippen LogP contribution is 2.19. The van der Waals surface area contributed by atoms with Crippen LogP contribution in [0.15, 0.2) is 54.6 Å². The molecule has 6 heteroatoms. The summed E-state index contributed by atoms with van der Waals surface area (Å²) in [6, 6.07) is 12.2. The highest BCUT2D eigenvalue weighted by Gasteiger charge is 2.09. The van der Waals surface area contributed by atoms with Crippen LogP contribution in [-0.2, 0) is 15.9 Å². The van der Waals surface area contributed by atoms with E-state index in [0.717, 1.165) is 44.9 Å². The first-order chi connectivity index (χ1) is 15.5. The van der Waals surface area contributed by atoms with Gasteiger partial charge in [0.05, 0.1) is 24.3 Å².